The zero-order valence-corrected chi connectivity index (χ0v) is 17.3. The van der Waals surface area contributed by atoms with Crippen molar-refractivity contribution in [3.8, 4) is 17.7 Å². The molecule has 28 heavy (non-hydrogen) atoms. The molecule has 3 heterocycles. The number of para-hydroxylation sites is 1. The van der Waals surface area contributed by atoms with E-state index in [-0.39, 0.29) is 0 Å². The fraction of sp³-hybridized carbons (Fsp3) is 0.409. The molecule has 0 atom stereocenters. The monoisotopic (exact) mass is 392 g/mol. The van der Waals surface area contributed by atoms with Gasteiger partial charge in [0.05, 0.1) is 17.5 Å². The highest BCUT2D eigenvalue weighted by atomic mass is 32.1. The summed E-state index contributed by atoms with van der Waals surface area (Å²) in [7, 11) is 0. The van der Waals surface area contributed by atoms with Crippen molar-refractivity contribution in [1.82, 2.24) is 14.9 Å². The van der Waals surface area contributed by atoms with Crippen LogP contribution >= 0.6 is 11.3 Å². The fourth-order valence-corrected chi connectivity index (χ4v) is 4.61. The van der Waals surface area contributed by atoms with Gasteiger partial charge in [-0.1, -0.05) is 19.1 Å². The zero-order chi connectivity index (χ0) is 19.7. The number of nitrogens with zero attached hydrogens (tertiary/aromatic N) is 4. The van der Waals surface area contributed by atoms with Gasteiger partial charge in [-0.2, -0.15) is 10.2 Å². The number of benzene rings is 1. The molecule has 1 aromatic carbocycles. The van der Waals surface area contributed by atoms with Crippen LogP contribution in [0.4, 0.5) is 0 Å². The molecule has 0 amide bonds. The molecule has 0 N–H and O–H groups in total. The lowest BCUT2D eigenvalue weighted by atomic mass is 9.99. The third-order valence-corrected chi connectivity index (χ3v) is 6.60. The van der Waals surface area contributed by atoms with Crippen LogP contribution in [-0.2, 0) is 6.54 Å². The van der Waals surface area contributed by atoms with Gasteiger partial charge in [-0.15, -0.1) is 11.3 Å². The van der Waals surface area contributed by atoms with Crippen LogP contribution < -0.4 is 4.74 Å². The number of thiophene rings is 1. The summed E-state index contributed by atoms with van der Waals surface area (Å²) in [5.74, 6) is 2.66. The summed E-state index contributed by atoms with van der Waals surface area (Å²) in [6.45, 7) is 9.38. The zero-order valence-electron chi connectivity index (χ0n) is 16.5. The number of piperidine rings is 1. The molecule has 1 aliphatic rings. The number of ether oxygens (including phenoxy) is 1. The Balaban J connectivity index is 1.72. The Morgan fingerprint density at radius 3 is 2.71 bits per heavy atom. The highest BCUT2D eigenvalue weighted by Gasteiger charge is 2.21. The Hall–Kier alpha value is -2.49. The van der Waals surface area contributed by atoms with E-state index in [9.17, 15) is 5.26 Å². The Morgan fingerprint density at radius 2 is 1.96 bits per heavy atom. The summed E-state index contributed by atoms with van der Waals surface area (Å²) in [5, 5.41) is 10.3. The first kappa shape index (κ1) is 18.9. The lowest BCUT2D eigenvalue weighted by Gasteiger charge is -2.29. The number of aromatic nitrogens is 2. The second-order valence-electron chi connectivity index (χ2n) is 7.58. The topological polar surface area (TPSA) is 62.0 Å². The van der Waals surface area contributed by atoms with Crippen molar-refractivity contribution in [3.63, 3.8) is 0 Å². The molecule has 0 unspecified atom stereocenters. The second-order valence-corrected chi connectivity index (χ2v) is 8.78. The van der Waals surface area contributed by atoms with Gasteiger partial charge in [-0.25, -0.2) is 4.98 Å². The SMILES string of the molecule is Cc1sc2nc(CN3CCC(C)CC3)nc(Oc3ccccc3C#N)c2c1C. The number of likely N-dealkylation sites (tertiary alicyclic amines) is 1. The van der Waals surface area contributed by atoms with Crippen molar-refractivity contribution in [2.24, 2.45) is 5.92 Å². The van der Waals surface area contributed by atoms with Gasteiger partial charge in [0, 0.05) is 4.88 Å². The molecule has 1 fully saturated rings. The quantitative estimate of drug-likeness (QED) is 0.610. The minimum absolute atomic E-state index is 0.505. The van der Waals surface area contributed by atoms with E-state index in [1.54, 1.807) is 17.4 Å². The first-order valence-electron chi connectivity index (χ1n) is 9.71. The predicted molar refractivity (Wildman–Crippen MR) is 112 cm³/mol. The molecule has 0 bridgehead atoms. The second kappa shape index (κ2) is 7.86. The van der Waals surface area contributed by atoms with Gasteiger partial charge in [0.1, 0.15) is 22.5 Å². The van der Waals surface area contributed by atoms with Crippen LogP contribution in [0.15, 0.2) is 24.3 Å². The molecular formula is C22H24N4OS. The molecule has 1 saturated heterocycles. The van der Waals surface area contributed by atoms with Gasteiger partial charge in [-0.05, 0) is 63.4 Å². The van der Waals surface area contributed by atoms with E-state index in [0.29, 0.717) is 17.2 Å². The normalized spacial score (nSPS) is 15.6. The minimum atomic E-state index is 0.505. The van der Waals surface area contributed by atoms with Crippen molar-refractivity contribution in [2.45, 2.75) is 40.2 Å². The average Bonchev–Trinajstić information content (AvgIpc) is 2.98. The molecule has 0 aliphatic carbocycles. The number of aryl methyl sites for hydroxylation is 2. The van der Waals surface area contributed by atoms with Crippen LogP contribution in [0.1, 0.15) is 41.6 Å². The summed E-state index contributed by atoms with van der Waals surface area (Å²) < 4.78 is 6.17. The third kappa shape index (κ3) is 3.73. The lowest BCUT2D eigenvalue weighted by molar-refractivity contribution is 0.181. The van der Waals surface area contributed by atoms with E-state index in [1.807, 2.05) is 18.2 Å². The molecule has 2 aromatic heterocycles. The first-order valence-corrected chi connectivity index (χ1v) is 10.5. The summed E-state index contributed by atoms with van der Waals surface area (Å²) in [4.78, 5) is 14.2. The number of fused-ring (bicyclic) bond motifs is 1. The van der Waals surface area contributed by atoms with Gasteiger partial charge >= 0.3 is 0 Å². The van der Waals surface area contributed by atoms with Gasteiger partial charge in [0.25, 0.3) is 0 Å². The predicted octanol–water partition coefficient (Wildman–Crippen LogP) is 5.20. The third-order valence-electron chi connectivity index (χ3n) is 5.50. The molecule has 5 nitrogen and oxygen atoms in total. The number of rotatable bonds is 4. The van der Waals surface area contributed by atoms with Crippen molar-refractivity contribution in [2.75, 3.05) is 13.1 Å². The molecule has 4 rings (SSSR count). The van der Waals surface area contributed by atoms with E-state index >= 15 is 0 Å². The summed E-state index contributed by atoms with van der Waals surface area (Å²) >= 11 is 1.68. The van der Waals surface area contributed by atoms with Crippen LogP contribution in [0.3, 0.4) is 0 Å². The standard InChI is InChI=1S/C22H24N4OS/c1-14-8-10-26(11-9-14)13-19-24-21(20-15(2)16(3)28-22(20)25-19)27-18-7-5-4-6-17(18)12-23/h4-7,14H,8-11,13H2,1-3H3. The molecule has 6 heteroatoms. The molecule has 0 spiro atoms. The summed E-state index contributed by atoms with van der Waals surface area (Å²) in [6.07, 6.45) is 2.44. The summed E-state index contributed by atoms with van der Waals surface area (Å²) in [5.41, 5.74) is 1.65. The van der Waals surface area contributed by atoms with E-state index in [2.05, 4.69) is 31.7 Å². The van der Waals surface area contributed by atoms with Gasteiger partial charge < -0.3 is 4.74 Å². The maximum absolute atomic E-state index is 9.39. The van der Waals surface area contributed by atoms with Crippen molar-refractivity contribution in [3.05, 3.63) is 46.1 Å². The minimum Gasteiger partial charge on any atom is -0.437 e. The number of nitriles is 1. The Morgan fingerprint density at radius 1 is 1.21 bits per heavy atom. The largest absolute Gasteiger partial charge is 0.437 e. The van der Waals surface area contributed by atoms with E-state index in [1.165, 1.54) is 17.7 Å². The van der Waals surface area contributed by atoms with Gasteiger partial charge in [0.15, 0.2) is 0 Å². The van der Waals surface area contributed by atoms with Gasteiger partial charge in [-0.3, -0.25) is 4.90 Å². The Kier molecular flexibility index (Phi) is 5.29. The molecule has 144 valence electrons. The van der Waals surface area contributed by atoms with Crippen LogP contribution in [-0.4, -0.2) is 28.0 Å². The van der Waals surface area contributed by atoms with Gasteiger partial charge in [0.2, 0.25) is 5.88 Å². The average molecular weight is 393 g/mol. The molecule has 1 aliphatic heterocycles. The number of hydrogen-bond acceptors (Lipinski definition) is 6. The van der Waals surface area contributed by atoms with Crippen LogP contribution in [0.25, 0.3) is 10.2 Å². The smallest absolute Gasteiger partial charge is 0.231 e. The highest BCUT2D eigenvalue weighted by Crippen LogP contribution is 2.37. The lowest BCUT2D eigenvalue weighted by Crippen LogP contribution is -2.32. The summed E-state index contributed by atoms with van der Waals surface area (Å²) in [6, 6.07) is 9.47. The van der Waals surface area contributed by atoms with Crippen LogP contribution in [0, 0.1) is 31.1 Å². The molecule has 0 radical (unpaired) electrons. The van der Waals surface area contributed by atoms with Crippen molar-refractivity contribution < 1.29 is 4.74 Å². The van der Waals surface area contributed by atoms with Crippen LogP contribution in [0.5, 0.6) is 11.6 Å². The van der Waals surface area contributed by atoms with E-state index in [4.69, 9.17) is 14.7 Å². The molecular weight excluding hydrogens is 368 g/mol. The van der Waals surface area contributed by atoms with Crippen molar-refractivity contribution in [1.29, 1.82) is 5.26 Å². The first-order chi connectivity index (χ1) is 13.5. The van der Waals surface area contributed by atoms with E-state index < -0.39 is 0 Å². The fourth-order valence-electron chi connectivity index (χ4n) is 3.57. The molecule has 3 aromatic rings. The van der Waals surface area contributed by atoms with Crippen molar-refractivity contribution >= 4 is 21.6 Å². The van der Waals surface area contributed by atoms with Crippen LogP contribution in [0.2, 0.25) is 0 Å². The molecule has 0 saturated carbocycles. The Labute approximate surface area is 169 Å². The highest BCUT2D eigenvalue weighted by molar-refractivity contribution is 7.18. The number of hydrogen-bond donors (Lipinski definition) is 0. The maximum Gasteiger partial charge on any atom is 0.231 e. The maximum atomic E-state index is 9.39. The van der Waals surface area contributed by atoms with E-state index in [0.717, 1.165) is 47.2 Å². The Bertz CT molecular complexity index is 1040.